The van der Waals surface area contributed by atoms with Crippen LogP contribution < -0.4 is 9.47 Å². The molecule has 0 atom stereocenters. The molecule has 33 heavy (non-hydrogen) atoms. The zero-order valence-electron chi connectivity index (χ0n) is 18.3. The third kappa shape index (κ3) is 5.45. The minimum Gasteiger partial charge on any atom is -0.491 e. The third-order valence-electron chi connectivity index (χ3n) is 5.09. The molecule has 1 fully saturated rings. The Hall–Kier alpha value is -2.28. The summed E-state index contributed by atoms with van der Waals surface area (Å²) in [5, 5.41) is 0. The van der Waals surface area contributed by atoms with Gasteiger partial charge in [-0.25, -0.2) is 25.6 Å². The Morgan fingerprint density at radius 2 is 1.12 bits per heavy atom. The Morgan fingerprint density at radius 3 is 1.48 bits per heavy atom. The van der Waals surface area contributed by atoms with Gasteiger partial charge in [0.05, 0.1) is 23.0 Å². The molecule has 0 spiro atoms. The van der Waals surface area contributed by atoms with E-state index in [1.54, 1.807) is 13.8 Å². The quantitative estimate of drug-likeness (QED) is 0.549. The van der Waals surface area contributed by atoms with Gasteiger partial charge < -0.3 is 9.47 Å². The molecule has 12 heteroatoms. The van der Waals surface area contributed by atoms with Gasteiger partial charge in [0, 0.05) is 38.3 Å². The Bertz CT molecular complexity index is 1110. The van der Waals surface area contributed by atoms with Crippen LogP contribution in [-0.4, -0.2) is 64.8 Å². The molecule has 1 aliphatic heterocycles. The second-order valence-corrected chi connectivity index (χ2v) is 11.1. The summed E-state index contributed by atoms with van der Waals surface area (Å²) in [6.07, 6.45) is 0.248. The van der Waals surface area contributed by atoms with Crippen molar-refractivity contribution in [2.45, 2.75) is 30.1 Å². The zero-order valence-corrected chi connectivity index (χ0v) is 20.0. The van der Waals surface area contributed by atoms with E-state index in [-0.39, 0.29) is 67.1 Å². The van der Waals surface area contributed by atoms with Crippen LogP contribution in [0.1, 0.15) is 20.3 Å². The van der Waals surface area contributed by atoms with Crippen LogP contribution in [0.25, 0.3) is 0 Å². The SMILES string of the molecule is CCOc1cc(S(=O)(=O)N2CCCN(S(=O)(=O)c3ccc(F)c(OCC)c3)CC2)ccc1F. The topological polar surface area (TPSA) is 93.2 Å². The maximum absolute atomic E-state index is 13.9. The number of benzene rings is 2. The number of nitrogens with zero attached hydrogens (tertiary/aromatic N) is 2. The molecule has 0 aliphatic carbocycles. The predicted octanol–water partition coefficient (Wildman–Crippen LogP) is 2.85. The number of hydrogen-bond acceptors (Lipinski definition) is 6. The fourth-order valence-electron chi connectivity index (χ4n) is 3.47. The lowest BCUT2D eigenvalue weighted by molar-refractivity contribution is 0.320. The van der Waals surface area contributed by atoms with Gasteiger partial charge in [-0.15, -0.1) is 0 Å². The maximum Gasteiger partial charge on any atom is 0.243 e. The zero-order chi connectivity index (χ0) is 24.2. The van der Waals surface area contributed by atoms with Gasteiger partial charge in [0.15, 0.2) is 23.1 Å². The summed E-state index contributed by atoms with van der Waals surface area (Å²) in [4.78, 5) is -0.271. The van der Waals surface area contributed by atoms with Gasteiger partial charge in [0.2, 0.25) is 20.0 Å². The Kier molecular flexibility index (Phi) is 7.93. The maximum atomic E-state index is 13.9. The summed E-state index contributed by atoms with van der Waals surface area (Å²) in [6, 6.07) is 6.61. The average molecular weight is 505 g/mol. The fraction of sp³-hybridized carbons (Fsp3) is 0.429. The monoisotopic (exact) mass is 504 g/mol. The molecule has 1 heterocycles. The first-order chi connectivity index (χ1) is 15.6. The first-order valence-corrected chi connectivity index (χ1v) is 13.3. The van der Waals surface area contributed by atoms with Crippen molar-refractivity contribution in [1.82, 2.24) is 8.61 Å². The van der Waals surface area contributed by atoms with Crippen LogP contribution in [0.2, 0.25) is 0 Å². The van der Waals surface area contributed by atoms with Crippen molar-refractivity contribution in [1.29, 1.82) is 0 Å². The van der Waals surface area contributed by atoms with Crippen molar-refractivity contribution in [2.24, 2.45) is 0 Å². The molecule has 2 aromatic carbocycles. The van der Waals surface area contributed by atoms with E-state index in [1.165, 1.54) is 8.61 Å². The first kappa shape index (κ1) is 25.3. The molecule has 0 saturated carbocycles. The van der Waals surface area contributed by atoms with Crippen molar-refractivity contribution in [3.05, 3.63) is 48.0 Å². The molecule has 0 radical (unpaired) electrons. The number of rotatable bonds is 8. The van der Waals surface area contributed by atoms with Crippen LogP contribution in [0.4, 0.5) is 8.78 Å². The van der Waals surface area contributed by atoms with Crippen LogP contribution in [-0.2, 0) is 20.0 Å². The van der Waals surface area contributed by atoms with Crippen molar-refractivity contribution < 1.29 is 35.1 Å². The third-order valence-corrected chi connectivity index (χ3v) is 8.88. The lowest BCUT2D eigenvalue weighted by Gasteiger charge is -2.22. The van der Waals surface area contributed by atoms with Crippen molar-refractivity contribution in [2.75, 3.05) is 39.4 Å². The summed E-state index contributed by atoms with van der Waals surface area (Å²) in [5.41, 5.74) is 0. The second-order valence-electron chi connectivity index (χ2n) is 7.21. The standard InChI is InChI=1S/C21H26F2N2O6S2/c1-3-30-20-14-16(6-8-18(20)22)32(26,27)24-10-5-11-25(13-12-24)33(28,29)17-7-9-19(23)21(15-17)31-4-2/h6-9,14-15H,3-5,10-13H2,1-2H3. The first-order valence-electron chi connectivity index (χ1n) is 10.5. The number of halogens is 2. The normalized spacial score (nSPS) is 16.4. The Balaban J connectivity index is 1.81. The molecule has 0 N–H and O–H groups in total. The van der Waals surface area contributed by atoms with E-state index in [2.05, 4.69) is 0 Å². The van der Waals surface area contributed by atoms with Crippen LogP contribution in [0, 0.1) is 11.6 Å². The van der Waals surface area contributed by atoms with Crippen LogP contribution in [0.5, 0.6) is 11.5 Å². The second kappa shape index (κ2) is 10.3. The summed E-state index contributed by atoms with van der Waals surface area (Å²) in [5.74, 6) is -1.68. The van der Waals surface area contributed by atoms with Gasteiger partial charge in [-0.3, -0.25) is 0 Å². The molecule has 0 aromatic heterocycles. The molecule has 182 valence electrons. The number of hydrogen-bond donors (Lipinski definition) is 0. The highest BCUT2D eigenvalue weighted by Gasteiger charge is 2.32. The highest BCUT2D eigenvalue weighted by Crippen LogP contribution is 2.27. The predicted molar refractivity (Wildman–Crippen MR) is 117 cm³/mol. The molecule has 1 aliphatic rings. The molecule has 8 nitrogen and oxygen atoms in total. The largest absolute Gasteiger partial charge is 0.491 e. The van der Waals surface area contributed by atoms with Gasteiger partial charge in [-0.2, -0.15) is 8.61 Å². The highest BCUT2D eigenvalue weighted by atomic mass is 32.2. The van der Waals surface area contributed by atoms with E-state index in [9.17, 15) is 25.6 Å². The lowest BCUT2D eigenvalue weighted by atomic mass is 10.3. The van der Waals surface area contributed by atoms with E-state index in [1.807, 2.05) is 0 Å². The van der Waals surface area contributed by atoms with E-state index in [4.69, 9.17) is 9.47 Å². The van der Waals surface area contributed by atoms with E-state index in [0.717, 1.165) is 36.4 Å². The van der Waals surface area contributed by atoms with Crippen molar-refractivity contribution in [3.8, 4) is 11.5 Å². The Labute approximate surface area is 192 Å². The molecule has 0 amide bonds. The summed E-state index contributed by atoms with van der Waals surface area (Å²) < 4.78 is 92.8. The fourth-order valence-corrected chi connectivity index (χ4v) is 6.44. The summed E-state index contributed by atoms with van der Waals surface area (Å²) in [7, 11) is -8.00. The molecule has 2 aromatic rings. The minimum atomic E-state index is -4.00. The number of ether oxygens (including phenoxy) is 2. The Morgan fingerprint density at radius 1 is 0.727 bits per heavy atom. The molecular formula is C21H26F2N2O6S2. The number of sulfonamides is 2. The van der Waals surface area contributed by atoms with Crippen LogP contribution >= 0.6 is 0 Å². The molecule has 0 unspecified atom stereocenters. The lowest BCUT2D eigenvalue weighted by Crippen LogP contribution is -2.37. The van der Waals surface area contributed by atoms with Crippen molar-refractivity contribution in [3.63, 3.8) is 0 Å². The van der Waals surface area contributed by atoms with Gasteiger partial charge in [0.1, 0.15) is 0 Å². The van der Waals surface area contributed by atoms with Gasteiger partial charge >= 0.3 is 0 Å². The average Bonchev–Trinajstić information content (AvgIpc) is 3.04. The smallest absolute Gasteiger partial charge is 0.243 e. The van der Waals surface area contributed by atoms with Gasteiger partial charge in [-0.1, -0.05) is 0 Å². The minimum absolute atomic E-state index is 0.0866. The highest BCUT2D eigenvalue weighted by molar-refractivity contribution is 7.89. The van der Waals surface area contributed by atoms with E-state index >= 15 is 0 Å². The van der Waals surface area contributed by atoms with Gasteiger partial charge in [-0.05, 0) is 44.5 Å². The van der Waals surface area contributed by atoms with E-state index in [0.29, 0.717) is 0 Å². The molecule has 3 rings (SSSR count). The van der Waals surface area contributed by atoms with Gasteiger partial charge in [0.25, 0.3) is 0 Å². The molecular weight excluding hydrogens is 478 g/mol. The van der Waals surface area contributed by atoms with E-state index < -0.39 is 31.7 Å². The van der Waals surface area contributed by atoms with Crippen molar-refractivity contribution >= 4 is 20.0 Å². The van der Waals surface area contributed by atoms with Crippen LogP contribution in [0.15, 0.2) is 46.2 Å². The summed E-state index contributed by atoms with van der Waals surface area (Å²) >= 11 is 0. The summed E-state index contributed by atoms with van der Waals surface area (Å²) in [6.45, 7) is 3.64. The molecule has 1 saturated heterocycles. The molecule has 0 bridgehead atoms. The van der Waals surface area contributed by atoms with Crippen LogP contribution in [0.3, 0.4) is 0 Å².